The van der Waals surface area contributed by atoms with Gasteiger partial charge in [-0.1, -0.05) is 63.4 Å². The van der Waals surface area contributed by atoms with E-state index >= 15 is 0 Å². The second-order valence-electron chi connectivity index (χ2n) is 4.76. The Morgan fingerprint density at radius 3 is 2.71 bits per heavy atom. The lowest BCUT2D eigenvalue weighted by molar-refractivity contribution is 0.519. The summed E-state index contributed by atoms with van der Waals surface area (Å²) in [6.45, 7) is 5.93. The predicted octanol–water partition coefficient (Wildman–Crippen LogP) is 5.17. The third-order valence-corrected chi connectivity index (χ3v) is 4.70. The molecule has 3 nitrogen and oxygen atoms in total. The van der Waals surface area contributed by atoms with Gasteiger partial charge in [0.15, 0.2) is 0 Å². The van der Waals surface area contributed by atoms with Gasteiger partial charge in [0.05, 0.1) is 23.0 Å². The Balaban J connectivity index is 2.50. The average Bonchev–Trinajstić information content (AvgIpc) is 2.79. The Kier molecular flexibility index (Phi) is 6.29. The van der Waals surface area contributed by atoms with E-state index in [1.807, 2.05) is 16.8 Å². The van der Waals surface area contributed by atoms with Crippen molar-refractivity contribution in [3.05, 3.63) is 49.6 Å². The Morgan fingerprint density at radius 2 is 2.10 bits per heavy atom. The highest BCUT2D eigenvalue weighted by Gasteiger charge is 2.23. The van der Waals surface area contributed by atoms with E-state index < -0.39 is 0 Å². The highest BCUT2D eigenvalue weighted by molar-refractivity contribution is 9.11. The number of nitrogens with one attached hydrogen (secondary N) is 1. The van der Waals surface area contributed by atoms with E-state index in [1.54, 1.807) is 6.20 Å². The molecular formula is C15H18Br2ClN3. The molecule has 114 valence electrons. The van der Waals surface area contributed by atoms with Crippen LogP contribution in [0.25, 0.3) is 0 Å². The van der Waals surface area contributed by atoms with Crippen molar-refractivity contribution in [1.29, 1.82) is 0 Å². The van der Waals surface area contributed by atoms with E-state index in [4.69, 9.17) is 11.6 Å². The molecule has 1 aromatic heterocycles. The van der Waals surface area contributed by atoms with Gasteiger partial charge >= 0.3 is 0 Å². The van der Waals surface area contributed by atoms with Gasteiger partial charge in [0, 0.05) is 15.5 Å². The van der Waals surface area contributed by atoms with Gasteiger partial charge < -0.3 is 5.32 Å². The second-order valence-corrected chi connectivity index (χ2v) is 6.93. The Morgan fingerprint density at radius 1 is 1.33 bits per heavy atom. The topological polar surface area (TPSA) is 29.9 Å². The average molecular weight is 436 g/mol. The number of hydrogen-bond acceptors (Lipinski definition) is 2. The Hall–Kier alpha value is -0.360. The SMILES string of the molecule is CCCn1ncc(Cl)c1C(NCC)c1ccc(Br)cc1Br. The molecule has 2 rings (SSSR count). The third kappa shape index (κ3) is 3.89. The minimum Gasteiger partial charge on any atom is -0.305 e. The number of halogens is 3. The maximum absolute atomic E-state index is 6.40. The Bertz CT molecular complexity index is 613. The standard InChI is InChI=1S/C15H18Br2ClN3/c1-3-7-21-15(13(18)9-20-21)14(19-4-2)11-6-5-10(16)8-12(11)17/h5-6,8-9,14,19H,3-4,7H2,1-2H3. The summed E-state index contributed by atoms with van der Waals surface area (Å²) in [4.78, 5) is 0. The van der Waals surface area contributed by atoms with Crippen LogP contribution in [0, 0.1) is 0 Å². The van der Waals surface area contributed by atoms with Gasteiger partial charge in [-0.05, 0) is 30.7 Å². The molecule has 0 aliphatic heterocycles. The van der Waals surface area contributed by atoms with Crippen LogP contribution in [0.2, 0.25) is 5.02 Å². The zero-order valence-corrected chi connectivity index (χ0v) is 16.0. The highest BCUT2D eigenvalue weighted by Crippen LogP contribution is 2.34. The van der Waals surface area contributed by atoms with Crippen LogP contribution in [0.4, 0.5) is 0 Å². The number of hydrogen-bond donors (Lipinski definition) is 1. The van der Waals surface area contributed by atoms with E-state index in [0.717, 1.165) is 39.7 Å². The van der Waals surface area contributed by atoms with Crippen LogP contribution in [-0.4, -0.2) is 16.3 Å². The maximum atomic E-state index is 6.40. The first kappa shape index (κ1) is 17.0. The lowest BCUT2D eigenvalue weighted by Crippen LogP contribution is -2.25. The number of benzene rings is 1. The molecule has 1 unspecified atom stereocenters. The lowest BCUT2D eigenvalue weighted by Gasteiger charge is -2.22. The van der Waals surface area contributed by atoms with Crippen molar-refractivity contribution >= 4 is 43.5 Å². The number of rotatable bonds is 6. The van der Waals surface area contributed by atoms with Crippen LogP contribution in [0.5, 0.6) is 0 Å². The van der Waals surface area contributed by atoms with Gasteiger partial charge in [-0.2, -0.15) is 5.10 Å². The van der Waals surface area contributed by atoms with E-state index in [0.29, 0.717) is 5.02 Å². The largest absolute Gasteiger partial charge is 0.305 e. The fourth-order valence-electron chi connectivity index (χ4n) is 2.34. The zero-order chi connectivity index (χ0) is 15.4. The van der Waals surface area contributed by atoms with Crippen LogP contribution in [0.3, 0.4) is 0 Å². The molecular weight excluding hydrogens is 417 g/mol. The van der Waals surface area contributed by atoms with Crippen LogP contribution < -0.4 is 5.32 Å². The first-order valence-electron chi connectivity index (χ1n) is 6.98. The zero-order valence-electron chi connectivity index (χ0n) is 12.0. The third-order valence-electron chi connectivity index (χ3n) is 3.22. The minimum atomic E-state index is 0.0130. The fraction of sp³-hybridized carbons (Fsp3) is 0.400. The molecule has 6 heteroatoms. The molecule has 0 radical (unpaired) electrons. The molecule has 21 heavy (non-hydrogen) atoms. The van der Waals surface area contributed by atoms with Gasteiger partial charge in [-0.3, -0.25) is 4.68 Å². The molecule has 0 spiro atoms. The first-order chi connectivity index (χ1) is 10.1. The van der Waals surface area contributed by atoms with Crippen molar-refractivity contribution in [2.75, 3.05) is 6.54 Å². The van der Waals surface area contributed by atoms with Crippen molar-refractivity contribution < 1.29 is 0 Å². The summed E-state index contributed by atoms with van der Waals surface area (Å²) < 4.78 is 4.08. The molecule has 0 aliphatic rings. The second kappa shape index (κ2) is 7.77. The molecule has 1 atom stereocenters. The fourth-order valence-corrected chi connectivity index (χ4v) is 3.87. The van der Waals surface area contributed by atoms with Crippen molar-refractivity contribution in [2.45, 2.75) is 32.9 Å². The molecule has 0 aliphatic carbocycles. The van der Waals surface area contributed by atoms with Crippen LogP contribution >= 0.6 is 43.5 Å². The normalized spacial score (nSPS) is 12.6. The van der Waals surface area contributed by atoms with Crippen molar-refractivity contribution in [3.8, 4) is 0 Å². The van der Waals surface area contributed by atoms with Gasteiger partial charge in [-0.25, -0.2) is 0 Å². The van der Waals surface area contributed by atoms with Crippen molar-refractivity contribution in [3.63, 3.8) is 0 Å². The summed E-state index contributed by atoms with van der Waals surface area (Å²) >= 11 is 13.5. The summed E-state index contributed by atoms with van der Waals surface area (Å²) in [6.07, 6.45) is 2.75. The number of aromatic nitrogens is 2. The molecule has 2 aromatic rings. The maximum Gasteiger partial charge on any atom is 0.0837 e. The highest BCUT2D eigenvalue weighted by atomic mass is 79.9. The molecule has 0 saturated heterocycles. The van der Waals surface area contributed by atoms with E-state index in [-0.39, 0.29) is 6.04 Å². The summed E-state index contributed by atoms with van der Waals surface area (Å²) in [5.41, 5.74) is 2.17. The quantitative estimate of drug-likeness (QED) is 0.678. The van der Waals surface area contributed by atoms with E-state index in [1.165, 1.54) is 0 Å². The van der Waals surface area contributed by atoms with E-state index in [9.17, 15) is 0 Å². The van der Waals surface area contributed by atoms with Crippen LogP contribution in [0.15, 0.2) is 33.3 Å². The predicted molar refractivity (Wildman–Crippen MR) is 94.9 cm³/mol. The lowest BCUT2D eigenvalue weighted by atomic mass is 10.0. The van der Waals surface area contributed by atoms with E-state index in [2.05, 4.69) is 62.2 Å². The molecule has 1 N–H and O–H groups in total. The molecule has 1 heterocycles. The summed E-state index contributed by atoms with van der Waals surface area (Å²) in [5, 5.41) is 8.61. The van der Waals surface area contributed by atoms with Gasteiger partial charge in [-0.15, -0.1) is 0 Å². The van der Waals surface area contributed by atoms with Gasteiger partial charge in [0.2, 0.25) is 0 Å². The number of aryl methyl sites for hydroxylation is 1. The summed E-state index contributed by atoms with van der Waals surface area (Å²) in [5.74, 6) is 0. The molecule has 0 saturated carbocycles. The van der Waals surface area contributed by atoms with Crippen LogP contribution in [0.1, 0.15) is 37.6 Å². The van der Waals surface area contributed by atoms with Gasteiger partial charge in [0.1, 0.15) is 0 Å². The minimum absolute atomic E-state index is 0.0130. The van der Waals surface area contributed by atoms with Crippen molar-refractivity contribution in [1.82, 2.24) is 15.1 Å². The molecule has 0 amide bonds. The monoisotopic (exact) mass is 433 g/mol. The molecule has 0 fully saturated rings. The summed E-state index contributed by atoms with van der Waals surface area (Å²) in [7, 11) is 0. The smallest absolute Gasteiger partial charge is 0.0837 e. The number of nitrogens with zero attached hydrogens (tertiary/aromatic N) is 2. The van der Waals surface area contributed by atoms with Gasteiger partial charge in [0.25, 0.3) is 0 Å². The Labute approximate surface area is 147 Å². The molecule has 1 aromatic carbocycles. The summed E-state index contributed by atoms with van der Waals surface area (Å²) in [6, 6.07) is 6.20. The van der Waals surface area contributed by atoms with Crippen molar-refractivity contribution in [2.24, 2.45) is 0 Å². The van der Waals surface area contributed by atoms with Crippen LogP contribution in [-0.2, 0) is 6.54 Å². The first-order valence-corrected chi connectivity index (χ1v) is 8.94. The molecule has 0 bridgehead atoms.